The van der Waals surface area contributed by atoms with Crippen LogP contribution in [0, 0.1) is 11.6 Å². The first kappa shape index (κ1) is 13.2. The quantitative estimate of drug-likeness (QED) is 0.836. The molecule has 0 aliphatic heterocycles. The van der Waals surface area contributed by atoms with Gasteiger partial charge in [-0.15, -0.1) is 0 Å². The number of halogens is 3. The van der Waals surface area contributed by atoms with Gasteiger partial charge < -0.3 is 0 Å². The van der Waals surface area contributed by atoms with E-state index in [1.165, 1.54) is 30.3 Å². The summed E-state index contributed by atoms with van der Waals surface area (Å²) in [6.07, 6.45) is 0. The molecule has 0 saturated heterocycles. The Kier molecular flexibility index (Phi) is 4.09. The second-order valence-corrected chi connectivity index (χ2v) is 5.52. The highest BCUT2D eigenvalue weighted by molar-refractivity contribution is 7.84. The summed E-state index contributed by atoms with van der Waals surface area (Å²) in [4.78, 5) is 0.328. The molecule has 0 bridgehead atoms. The molecule has 0 aromatic heterocycles. The van der Waals surface area contributed by atoms with E-state index in [2.05, 4.69) is 0 Å². The van der Waals surface area contributed by atoms with Gasteiger partial charge in [-0.05, 0) is 24.3 Å². The second-order valence-electron chi connectivity index (χ2n) is 3.66. The van der Waals surface area contributed by atoms with Crippen molar-refractivity contribution in [2.45, 2.75) is 10.6 Å². The van der Waals surface area contributed by atoms with Crippen molar-refractivity contribution in [2.24, 2.45) is 0 Å². The molecule has 2 aromatic rings. The van der Waals surface area contributed by atoms with Crippen LogP contribution in [0.25, 0.3) is 0 Å². The Morgan fingerprint density at radius 1 is 1.11 bits per heavy atom. The zero-order valence-corrected chi connectivity index (χ0v) is 10.8. The minimum Gasteiger partial charge on any atom is -0.254 e. The molecule has 94 valence electrons. The van der Waals surface area contributed by atoms with Crippen LogP contribution in [0.2, 0.25) is 5.02 Å². The summed E-state index contributed by atoms with van der Waals surface area (Å²) in [7, 11) is -1.50. The SMILES string of the molecule is O=S(Cc1cccc(Cl)c1F)c1cccc(F)c1. The van der Waals surface area contributed by atoms with Crippen LogP contribution < -0.4 is 0 Å². The first-order valence-corrected chi connectivity index (χ1v) is 6.84. The molecular weight excluding hydrogens is 278 g/mol. The number of rotatable bonds is 3. The normalized spacial score (nSPS) is 12.4. The standard InChI is InChI=1S/C13H9ClF2OS/c14-12-6-1-3-9(13(12)16)8-18(17)11-5-2-4-10(15)7-11/h1-7H,8H2. The van der Waals surface area contributed by atoms with E-state index < -0.39 is 22.4 Å². The van der Waals surface area contributed by atoms with Crippen LogP contribution in [0.3, 0.4) is 0 Å². The summed E-state index contributed by atoms with van der Waals surface area (Å²) in [6.45, 7) is 0. The van der Waals surface area contributed by atoms with Gasteiger partial charge >= 0.3 is 0 Å². The van der Waals surface area contributed by atoms with Crippen molar-refractivity contribution in [3.63, 3.8) is 0 Å². The lowest BCUT2D eigenvalue weighted by Gasteiger charge is -2.05. The minimum absolute atomic E-state index is 0.0104. The first-order chi connectivity index (χ1) is 8.58. The molecule has 1 nitrogen and oxygen atoms in total. The van der Waals surface area contributed by atoms with Gasteiger partial charge in [0.15, 0.2) is 0 Å². The van der Waals surface area contributed by atoms with E-state index in [-0.39, 0.29) is 16.3 Å². The highest BCUT2D eigenvalue weighted by atomic mass is 35.5. The molecule has 2 rings (SSSR count). The van der Waals surface area contributed by atoms with Gasteiger partial charge in [0, 0.05) is 10.5 Å². The van der Waals surface area contributed by atoms with E-state index in [0.717, 1.165) is 0 Å². The zero-order chi connectivity index (χ0) is 13.1. The maximum atomic E-state index is 13.6. The highest BCUT2D eigenvalue weighted by Gasteiger charge is 2.11. The molecule has 0 spiro atoms. The third kappa shape index (κ3) is 2.94. The van der Waals surface area contributed by atoms with Crippen LogP contribution in [-0.2, 0) is 16.6 Å². The predicted octanol–water partition coefficient (Wildman–Crippen LogP) is 3.93. The van der Waals surface area contributed by atoms with Crippen molar-refractivity contribution in [1.29, 1.82) is 0 Å². The largest absolute Gasteiger partial charge is 0.254 e. The Labute approximate surface area is 111 Å². The zero-order valence-electron chi connectivity index (χ0n) is 9.20. The van der Waals surface area contributed by atoms with E-state index in [1.54, 1.807) is 12.1 Å². The highest BCUT2D eigenvalue weighted by Crippen LogP contribution is 2.21. The van der Waals surface area contributed by atoms with Crippen molar-refractivity contribution < 1.29 is 13.0 Å². The molecule has 0 N–H and O–H groups in total. The molecule has 0 amide bonds. The van der Waals surface area contributed by atoms with E-state index in [0.29, 0.717) is 4.90 Å². The summed E-state index contributed by atoms with van der Waals surface area (Å²) in [5.74, 6) is -1.08. The molecule has 1 atom stereocenters. The summed E-state index contributed by atoms with van der Waals surface area (Å²) >= 11 is 5.63. The van der Waals surface area contributed by atoms with Crippen molar-refractivity contribution >= 4 is 22.4 Å². The molecular formula is C13H9ClF2OS. The van der Waals surface area contributed by atoms with Crippen LogP contribution in [-0.4, -0.2) is 4.21 Å². The van der Waals surface area contributed by atoms with Gasteiger partial charge in [-0.2, -0.15) is 0 Å². The van der Waals surface area contributed by atoms with E-state index in [9.17, 15) is 13.0 Å². The predicted molar refractivity (Wildman–Crippen MR) is 67.9 cm³/mol. The van der Waals surface area contributed by atoms with Crippen LogP contribution in [0.15, 0.2) is 47.4 Å². The van der Waals surface area contributed by atoms with Crippen LogP contribution >= 0.6 is 11.6 Å². The van der Waals surface area contributed by atoms with Gasteiger partial charge in [-0.3, -0.25) is 4.21 Å². The fourth-order valence-electron chi connectivity index (χ4n) is 1.49. The minimum atomic E-state index is -1.50. The van der Waals surface area contributed by atoms with Crippen molar-refractivity contribution in [1.82, 2.24) is 0 Å². The van der Waals surface area contributed by atoms with Gasteiger partial charge in [0.05, 0.1) is 21.6 Å². The molecule has 0 radical (unpaired) electrons. The molecule has 18 heavy (non-hydrogen) atoms. The van der Waals surface area contributed by atoms with Crippen LogP contribution in [0.1, 0.15) is 5.56 Å². The molecule has 0 fully saturated rings. The Morgan fingerprint density at radius 3 is 2.56 bits per heavy atom. The lowest BCUT2D eigenvalue weighted by Crippen LogP contribution is -1.99. The Balaban J connectivity index is 2.24. The maximum absolute atomic E-state index is 13.6. The first-order valence-electron chi connectivity index (χ1n) is 5.15. The van der Waals surface area contributed by atoms with Crippen LogP contribution in [0.4, 0.5) is 8.78 Å². The van der Waals surface area contributed by atoms with E-state index >= 15 is 0 Å². The fraction of sp³-hybridized carbons (Fsp3) is 0.0769. The Hall–Kier alpha value is -1.26. The van der Waals surface area contributed by atoms with Gasteiger partial charge in [-0.25, -0.2) is 8.78 Å². The topological polar surface area (TPSA) is 17.1 Å². The van der Waals surface area contributed by atoms with Crippen LogP contribution in [0.5, 0.6) is 0 Å². The van der Waals surface area contributed by atoms with E-state index in [4.69, 9.17) is 11.6 Å². The molecule has 0 aliphatic carbocycles. The molecule has 0 aliphatic rings. The van der Waals surface area contributed by atoms with E-state index in [1.807, 2.05) is 0 Å². The average molecular weight is 287 g/mol. The Morgan fingerprint density at radius 2 is 1.83 bits per heavy atom. The van der Waals surface area contributed by atoms with Gasteiger partial charge in [0.25, 0.3) is 0 Å². The average Bonchev–Trinajstić information content (AvgIpc) is 2.35. The number of hydrogen-bond donors (Lipinski definition) is 0. The van der Waals surface area contributed by atoms with Crippen molar-refractivity contribution in [3.8, 4) is 0 Å². The maximum Gasteiger partial charge on any atom is 0.145 e. The number of hydrogen-bond acceptors (Lipinski definition) is 1. The van der Waals surface area contributed by atoms with Gasteiger partial charge in [0.2, 0.25) is 0 Å². The monoisotopic (exact) mass is 286 g/mol. The molecule has 0 saturated carbocycles. The van der Waals surface area contributed by atoms with Gasteiger partial charge in [-0.1, -0.05) is 29.8 Å². The third-order valence-corrected chi connectivity index (χ3v) is 4.02. The molecule has 0 heterocycles. The lowest BCUT2D eigenvalue weighted by atomic mass is 10.2. The summed E-state index contributed by atoms with van der Waals surface area (Å²) in [6, 6.07) is 9.98. The summed E-state index contributed by atoms with van der Waals surface area (Å²) < 4.78 is 38.6. The molecule has 1 unspecified atom stereocenters. The Bertz CT molecular complexity index is 601. The summed E-state index contributed by atoms with van der Waals surface area (Å²) in [5, 5.41) is -0.0104. The van der Waals surface area contributed by atoms with Gasteiger partial charge in [0.1, 0.15) is 11.6 Å². The fourth-order valence-corrected chi connectivity index (χ4v) is 2.83. The molecule has 2 aromatic carbocycles. The number of benzene rings is 2. The lowest BCUT2D eigenvalue weighted by molar-refractivity contribution is 0.615. The van der Waals surface area contributed by atoms with Crippen molar-refractivity contribution in [2.75, 3.05) is 0 Å². The smallest absolute Gasteiger partial charge is 0.145 e. The molecule has 5 heteroatoms. The summed E-state index contributed by atoms with van der Waals surface area (Å²) in [5.41, 5.74) is 0.255. The second kappa shape index (κ2) is 5.59. The van der Waals surface area contributed by atoms with Crippen molar-refractivity contribution in [3.05, 3.63) is 64.7 Å². The third-order valence-electron chi connectivity index (χ3n) is 2.38.